The van der Waals surface area contributed by atoms with Gasteiger partial charge in [-0.2, -0.15) is 0 Å². The average Bonchev–Trinajstić information content (AvgIpc) is 2.67. The van der Waals surface area contributed by atoms with Crippen LogP contribution in [0.1, 0.15) is 0 Å². The monoisotopic (exact) mass is 143 g/mol. The van der Waals surface area contributed by atoms with Crippen LogP contribution >= 0.6 is 11.8 Å². The summed E-state index contributed by atoms with van der Waals surface area (Å²) in [6, 6.07) is 0.851. The van der Waals surface area contributed by atoms with E-state index in [1.165, 1.54) is 6.54 Å². The lowest BCUT2D eigenvalue weighted by Crippen LogP contribution is -2.08. The molecule has 3 saturated heterocycles. The molecule has 3 fully saturated rings. The number of epoxide rings is 1. The summed E-state index contributed by atoms with van der Waals surface area (Å²) >= 11 is 2.09. The lowest BCUT2D eigenvalue weighted by atomic mass is 10.2. The Balaban J connectivity index is 1.61. The molecule has 50 valence electrons. The number of hydrogen-bond donors (Lipinski definition) is 1. The predicted molar refractivity (Wildman–Crippen MR) is 36.7 cm³/mol. The summed E-state index contributed by atoms with van der Waals surface area (Å²) in [6.07, 6.45) is 0.641. The Morgan fingerprint density at radius 1 is 1.44 bits per heavy atom. The first kappa shape index (κ1) is 4.99. The Labute approximate surface area is 58.3 Å². The van der Waals surface area contributed by atoms with E-state index in [1.807, 2.05) is 0 Å². The van der Waals surface area contributed by atoms with Gasteiger partial charge in [0.1, 0.15) is 0 Å². The second-order valence-electron chi connectivity index (χ2n) is 2.95. The van der Waals surface area contributed by atoms with Crippen LogP contribution in [0.2, 0.25) is 0 Å². The van der Waals surface area contributed by atoms with Gasteiger partial charge in [0.25, 0.3) is 0 Å². The van der Waals surface area contributed by atoms with Gasteiger partial charge in [0.15, 0.2) is 0 Å². The molecular weight excluding hydrogens is 134 g/mol. The van der Waals surface area contributed by atoms with Crippen molar-refractivity contribution in [2.45, 2.75) is 22.6 Å². The molecule has 3 aliphatic heterocycles. The number of hydrogen-bond acceptors (Lipinski definition) is 3. The van der Waals surface area contributed by atoms with E-state index in [4.69, 9.17) is 4.74 Å². The van der Waals surface area contributed by atoms with Crippen LogP contribution in [0.4, 0.5) is 0 Å². The van der Waals surface area contributed by atoms with Crippen LogP contribution < -0.4 is 5.32 Å². The fourth-order valence-electron chi connectivity index (χ4n) is 1.30. The molecule has 3 aliphatic rings. The molecule has 0 radical (unpaired) electrons. The van der Waals surface area contributed by atoms with Gasteiger partial charge in [0, 0.05) is 23.1 Å². The van der Waals surface area contributed by atoms with E-state index in [0.717, 1.165) is 23.1 Å². The Morgan fingerprint density at radius 3 is 2.78 bits per heavy atom. The third-order valence-corrected chi connectivity index (χ3v) is 3.66. The van der Waals surface area contributed by atoms with Gasteiger partial charge in [-0.15, -0.1) is 11.8 Å². The molecule has 0 aromatic rings. The summed E-state index contributed by atoms with van der Waals surface area (Å²) < 4.78 is 5.19. The van der Waals surface area contributed by atoms with Gasteiger partial charge in [0.05, 0.1) is 12.7 Å². The van der Waals surface area contributed by atoms with E-state index >= 15 is 0 Å². The first-order chi connectivity index (χ1) is 4.45. The second kappa shape index (κ2) is 1.47. The van der Waals surface area contributed by atoms with Crippen LogP contribution in [0, 0.1) is 0 Å². The van der Waals surface area contributed by atoms with Crippen molar-refractivity contribution in [3.8, 4) is 0 Å². The topological polar surface area (TPSA) is 34.5 Å². The van der Waals surface area contributed by atoms with Crippen molar-refractivity contribution in [2.24, 2.45) is 0 Å². The van der Waals surface area contributed by atoms with Crippen LogP contribution in [0.3, 0.4) is 0 Å². The van der Waals surface area contributed by atoms with Crippen molar-refractivity contribution in [1.82, 2.24) is 5.32 Å². The maximum absolute atomic E-state index is 5.19. The van der Waals surface area contributed by atoms with E-state index in [0.29, 0.717) is 6.10 Å². The number of rotatable bonds is 2. The van der Waals surface area contributed by atoms with E-state index < -0.39 is 0 Å². The summed E-state index contributed by atoms with van der Waals surface area (Å²) in [5, 5.41) is 5.11. The van der Waals surface area contributed by atoms with Crippen LogP contribution in [0.15, 0.2) is 0 Å². The molecule has 3 heteroatoms. The minimum Gasteiger partial charge on any atom is -0.372 e. The first-order valence-corrected chi connectivity index (χ1v) is 4.40. The number of nitrogens with one attached hydrogen (secondary N) is 1. The summed E-state index contributed by atoms with van der Waals surface area (Å²) in [7, 11) is 0. The van der Waals surface area contributed by atoms with Gasteiger partial charge in [-0.3, -0.25) is 0 Å². The van der Waals surface area contributed by atoms with Crippen molar-refractivity contribution < 1.29 is 4.74 Å². The number of thioether (sulfide) groups is 1. The third kappa shape index (κ3) is 0.791. The highest BCUT2D eigenvalue weighted by molar-refractivity contribution is 8.07. The molecule has 1 N–H and O–H groups in total. The van der Waals surface area contributed by atoms with E-state index in [2.05, 4.69) is 17.1 Å². The van der Waals surface area contributed by atoms with E-state index in [9.17, 15) is 0 Å². The quantitative estimate of drug-likeness (QED) is 0.545. The molecule has 0 aromatic heterocycles. The van der Waals surface area contributed by atoms with Gasteiger partial charge in [0.2, 0.25) is 0 Å². The van der Waals surface area contributed by atoms with Gasteiger partial charge in [-0.1, -0.05) is 0 Å². The molecule has 0 saturated carbocycles. The zero-order chi connectivity index (χ0) is 5.84. The predicted octanol–water partition coefficient (Wildman–Crippen LogP) is -0.159. The van der Waals surface area contributed by atoms with Crippen molar-refractivity contribution in [1.29, 1.82) is 0 Å². The zero-order valence-corrected chi connectivity index (χ0v) is 5.86. The molecule has 0 amide bonds. The zero-order valence-electron chi connectivity index (χ0n) is 5.04. The normalized spacial score (nSPS) is 61.3. The Kier molecular flexibility index (Phi) is 0.813. The van der Waals surface area contributed by atoms with Crippen LogP contribution in [0.25, 0.3) is 0 Å². The smallest absolute Gasteiger partial charge is 0.0939 e. The fraction of sp³-hybridized carbons (Fsp3) is 1.00. The molecule has 9 heavy (non-hydrogen) atoms. The van der Waals surface area contributed by atoms with Crippen LogP contribution in [-0.4, -0.2) is 35.8 Å². The largest absolute Gasteiger partial charge is 0.372 e. The molecule has 2 nitrogen and oxygen atoms in total. The standard InChI is InChI=1S/C6H9NOS/c1-3(7-1)5-6(9-5)4-2-8-4/h3-7H,1-2H2. The first-order valence-electron chi connectivity index (χ1n) is 3.45. The SMILES string of the molecule is C1NC1C1SC1C1CO1. The summed E-state index contributed by atoms with van der Waals surface area (Å²) in [5.74, 6) is 0. The molecule has 4 atom stereocenters. The second-order valence-corrected chi connectivity index (χ2v) is 4.31. The molecule has 3 rings (SSSR count). The maximum atomic E-state index is 5.19. The lowest BCUT2D eigenvalue weighted by molar-refractivity contribution is 0.408. The van der Waals surface area contributed by atoms with Gasteiger partial charge in [-0.25, -0.2) is 0 Å². The molecular formula is C6H9NOS. The minimum absolute atomic E-state index is 0.641. The Bertz CT molecular complexity index is 128. The highest BCUT2D eigenvalue weighted by atomic mass is 32.2. The Hall–Kier alpha value is 0.270. The summed E-state index contributed by atoms with van der Waals surface area (Å²) in [4.78, 5) is 0. The molecule has 0 aliphatic carbocycles. The molecule has 0 spiro atoms. The van der Waals surface area contributed by atoms with E-state index in [1.54, 1.807) is 0 Å². The average molecular weight is 143 g/mol. The minimum atomic E-state index is 0.641. The summed E-state index contributed by atoms with van der Waals surface area (Å²) in [6.45, 7) is 2.28. The molecule has 0 aromatic carbocycles. The van der Waals surface area contributed by atoms with Gasteiger partial charge in [-0.05, 0) is 0 Å². The number of ether oxygens (including phenoxy) is 1. The van der Waals surface area contributed by atoms with E-state index in [-0.39, 0.29) is 0 Å². The Morgan fingerprint density at radius 2 is 2.22 bits per heavy atom. The highest BCUT2D eigenvalue weighted by Gasteiger charge is 2.56. The van der Waals surface area contributed by atoms with Crippen molar-refractivity contribution >= 4 is 11.8 Å². The van der Waals surface area contributed by atoms with Crippen molar-refractivity contribution in [3.05, 3.63) is 0 Å². The fourth-order valence-corrected chi connectivity index (χ4v) is 2.66. The summed E-state index contributed by atoms with van der Waals surface area (Å²) in [5.41, 5.74) is 0. The molecule has 3 heterocycles. The molecule has 4 unspecified atom stereocenters. The van der Waals surface area contributed by atoms with Crippen molar-refractivity contribution in [2.75, 3.05) is 13.2 Å². The van der Waals surface area contributed by atoms with Crippen molar-refractivity contribution in [3.63, 3.8) is 0 Å². The van der Waals surface area contributed by atoms with Crippen LogP contribution in [0.5, 0.6) is 0 Å². The lowest BCUT2D eigenvalue weighted by Gasteiger charge is -1.84. The third-order valence-electron chi connectivity index (χ3n) is 2.12. The molecule has 0 bridgehead atoms. The maximum Gasteiger partial charge on any atom is 0.0939 e. The highest BCUT2D eigenvalue weighted by Crippen LogP contribution is 2.51. The van der Waals surface area contributed by atoms with Gasteiger partial charge < -0.3 is 10.1 Å². The van der Waals surface area contributed by atoms with Gasteiger partial charge >= 0.3 is 0 Å². The van der Waals surface area contributed by atoms with Crippen LogP contribution in [-0.2, 0) is 4.74 Å².